The smallest absolute Gasteiger partial charge is 0.325 e. The summed E-state index contributed by atoms with van der Waals surface area (Å²) in [5.41, 5.74) is 4.32. The SMILES string of the molecule is CP(=O)(O)OC[C@H]1O[C@@](C#N)(c2ccc3c(N)ncnn23)[C@@H](O)C1O. The molecule has 12 heteroatoms. The largest absolute Gasteiger partial charge is 0.387 e. The molecule has 0 spiro atoms. The maximum Gasteiger partial charge on any atom is 0.325 e. The number of fused-ring (bicyclic) bond motifs is 1. The minimum atomic E-state index is -3.82. The van der Waals surface area contributed by atoms with Crippen molar-refractivity contribution in [3.63, 3.8) is 0 Å². The van der Waals surface area contributed by atoms with Crippen molar-refractivity contribution in [2.45, 2.75) is 23.9 Å². The highest BCUT2D eigenvalue weighted by atomic mass is 31.2. The summed E-state index contributed by atoms with van der Waals surface area (Å²) in [5.74, 6) is 0.162. The van der Waals surface area contributed by atoms with Crippen LogP contribution in [0.5, 0.6) is 0 Å². The molecule has 2 aromatic rings. The normalized spacial score (nSPS) is 31.7. The van der Waals surface area contributed by atoms with Crippen molar-refractivity contribution >= 4 is 18.9 Å². The molecule has 5 N–H and O–H groups in total. The van der Waals surface area contributed by atoms with Crippen LogP contribution in [0.25, 0.3) is 5.52 Å². The number of ether oxygens (including phenoxy) is 1. The van der Waals surface area contributed by atoms with Gasteiger partial charge in [-0.2, -0.15) is 10.4 Å². The number of nitrogen functional groups attached to an aromatic ring is 1. The van der Waals surface area contributed by atoms with Crippen molar-refractivity contribution < 1.29 is 28.9 Å². The second kappa shape index (κ2) is 6.03. The van der Waals surface area contributed by atoms with Gasteiger partial charge in [0.2, 0.25) is 5.60 Å². The zero-order chi connectivity index (χ0) is 18.4. The monoisotopic (exact) mass is 369 g/mol. The highest BCUT2D eigenvalue weighted by Gasteiger charge is 2.57. The molecule has 1 aliphatic rings. The van der Waals surface area contributed by atoms with Gasteiger partial charge in [-0.3, -0.25) is 4.57 Å². The Bertz CT molecular complexity index is 891. The van der Waals surface area contributed by atoms with E-state index in [4.69, 9.17) is 15.0 Å². The van der Waals surface area contributed by atoms with Gasteiger partial charge >= 0.3 is 7.60 Å². The van der Waals surface area contributed by atoms with E-state index in [0.29, 0.717) is 5.52 Å². The maximum atomic E-state index is 11.3. The Kier molecular flexibility index (Phi) is 4.28. The van der Waals surface area contributed by atoms with E-state index in [2.05, 4.69) is 10.1 Å². The standard InChI is InChI=1S/C13H16N5O6P/c1-25(21,22)23-4-8-10(19)11(20)13(5-14,24-8)9-3-2-7-12(15)16-6-17-18(7)9/h2-3,6,8,10-11,19-20H,4H2,1H3,(H,21,22)(H2,15,16,17)/t8-,10?,11+,13+/m1/s1. The number of nitrogens with two attached hydrogens (primary N) is 1. The molecule has 2 unspecified atom stereocenters. The highest BCUT2D eigenvalue weighted by molar-refractivity contribution is 7.51. The van der Waals surface area contributed by atoms with E-state index in [-0.39, 0.29) is 11.5 Å². The summed E-state index contributed by atoms with van der Waals surface area (Å²) in [6.07, 6.45) is -3.18. The van der Waals surface area contributed by atoms with E-state index in [9.17, 15) is 24.9 Å². The average molecular weight is 369 g/mol. The predicted molar refractivity (Wildman–Crippen MR) is 83.3 cm³/mol. The van der Waals surface area contributed by atoms with Crippen molar-refractivity contribution in [3.05, 3.63) is 24.2 Å². The Morgan fingerprint density at radius 3 is 2.92 bits per heavy atom. The first-order valence-corrected chi connectivity index (χ1v) is 9.21. The summed E-state index contributed by atoms with van der Waals surface area (Å²) >= 11 is 0. The lowest BCUT2D eigenvalue weighted by Crippen LogP contribution is -2.41. The lowest BCUT2D eigenvalue weighted by Gasteiger charge is -2.24. The van der Waals surface area contributed by atoms with Crippen LogP contribution in [0.4, 0.5) is 5.82 Å². The van der Waals surface area contributed by atoms with Gasteiger partial charge in [-0.15, -0.1) is 0 Å². The van der Waals surface area contributed by atoms with Crippen LogP contribution in [0.15, 0.2) is 18.5 Å². The first-order chi connectivity index (χ1) is 11.7. The number of aliphatic hydroxyl groups is 2. The molecule has 0 amide bonds. The molecular formula is C13H16N5O6P. The molecule has 5 atom stereocenters. The van der Waals surface area contributed by atoms with E-state index in [1.54, 1.807) is 6.07 Å². The number of anilines is 1. The molecule has 1 fully saturated rings. The fourth-order valence-corrected chi connectivity index (χ4v) is 3.19. The third-order valence-electron chi connectivity index (χ3n) is 3.96. The van der Waals surface area contributed by atoms with Crippen LogP contribution in [-0.4, -0.2) is 61.3 Å². The van der Waals surface area contributed by atoms with Crippen LogP contribution in [0.1, 0.15) is 5.69 Å². The molecule has 0 bridgehead atoms. The van der Waals surface area contributed by atoms with Gasteiger partial charge in [0.15, 0.2) is 5.82 Å². The third kappa shape index (κ3) is 2.89. The zero-order valence-electron chi connectivity index (χ0n) is 13.1. The number of hydrogen-bond donors (Lipinski definition) is 4. The first-order valence-electron chi connectivity index (χ1n) is 7.18. The molecule has 0 saturated carbocycles. The Hall–Kier alpha value is -2.06. The van der Waals surface area contributed by atoms with E-state index < -0.39 is 38.1 Å². The summed E-state index contributed by atoms with van der Waals surface area (Å²) < 4.78 is 22.9. The fourth-order valence-electron chi connectivity index (χ4n) is 2.76. The van der Waals surface area contributed by atoms with E-state index in [0.717, 1.165) is 6.66 Å². The van der Waals surface area contributed by atoms with Crippen molar-refractivity contribution in [1.82, 2.24) is 14.6 Å². The van der Waals surface area contributed by atoms with Crippen molar-refractivity contribution in [2.75, 3.05) is 19.0 Å². The second-order valence-corrected chi connectivity index (χ2v) is 7.56. The van der Waals surface area contributed by atoms with Crippen LogP contribution in [0, 0.1) is 11.3 Å². The highest BCUT2D eigenvalue weighted by Crippen LogP contribution is 2.43. The summed E-state index contributed by atoms with van der Waals surface area (Å²) in [4.78, 5) is 13.0. The quantitative estimate of drug-likeness (QED) is 0.488. The summed E-state index contributed by atoms with van der Waals surface area (Å²) in [5, 5.41) is 34.3. The van der Waals surface area contributed by atoms with Gasteiger partial charge in [0.25, 0.3) is 0 Å². The van der Waals surface area contributed by atoms with Gasteiger partial charge in [0.05, 0.1) is 12.3 Å². The van der Waals surface area contributed by atoms with Crippen LogP contribution >= 0.6 is 7.60 Å². The number of rotatable bonds is 4. The number of aliphatic hydroxyl groups excluding tert-OH is 2. The molecule has 1 aliphatic heterocycles. The van der Waals surface area contributed by atoms with Gasteiger partial charge < -0.3 is 30.1 Å². The van der Waals surface area contributed by atoms with Crippen molar-refractivity contribution in [3.8, 4) is 6.07 Å². The number of hydrogen-bond acceptors (Lipinski definition) is 9. The molecule has 3 rings (SSSR count). The summed E-state index contributed by atoms with van der Waals surface area (Å²) in [6, 6.07) is 4.87. The Balaban J connectivity index is 2.01. The third-order valence-corrected chi connectivity index (χ3v) is 4.59. The molecular weight excluding hydrogens is 353 g/mol. The lowest BCUT2D eigenvalue weighted by molar-refractivity contribution is -0.0618. The van der Waals surface area contributed by atoms with Gasteiger partial charge in [-0.1, -0.05) is 0 Å². The number of nitriles is 1. The topological polar surface area (TPSA) is 176 Å². The lowest BCUT2D eigenvalue weighted by atomic mass is 9.92. The molecule has 0 radical (unpaired) electrons. The van der Waals surface area contributed by atoms with E-state index in [1.165, 1.54) is 16.9 Å². The molecule has 1 saturated heterocycles. The second-order valence-electron chi connectivity index (χ2n) is 5.70. The Morgan fingerprint density at radius 1 is 1.56 bits per heavy atom. The predicted octanol–water partition coefficient (Wildman–Crippen LogP) is -1.02. The minimum absolute atomic E-state index is 0.136. The van der Waals surface area contributed by atoms with E-state index in [1.807, 2.05) is 6.07 Å². The van der Waals surface area contributed by atoms with Crippen LogP contribution in [0.2, 0.25) is 0 Å². The van der Waals surface area contributed by atoms with Crippen LogP contribution in [-0.2, 0) is 19.4 Å². The average Bonchev–Trinajstić information content (AvgIpc) is 3.08. The minimum Gasteiger partial charge on any atom is -0.387 e. The number of aromatic nitrogens is 3. The fraction of sp³-hybridized carbons (Fsp3) is 0.462. The molecule has 11 nitrogen and oxygen atoms in total. The van der Waals surface area contributed by atoms with Crippen LogP contribution < -0.4 is 5.73 Å². The molecule has 3 heterocycles. The van der Waals surface area contributed by atoms with Crippen LogP contribution in [0.3, 0.4) is 0 Å². The Morgan fingerprint density at radius 2 is 2.28 bits per heavy atom. The maximum absolute atomic E-state index is 11.3. The van der Waals surface area contributed by atoms with Crippen molar-refractivity contribution in [1.29, 1.82) is 5.26 Å². The first kappa shape index (κ1) is 17.8. The van der Waals surface area contributed by atoms with Gasteiger partial charge in [-0.25, -0.2) is 9.50 Å². The summed E-state index contributed by atoms with van der Waals surface area (Å²) in [6.45, 7) is 0.495. The zero-order valence-corrected chi connectivity index (χ0v) is 13.9. The summed E-state index contributed by atoms with van der Waals surface area (Å²) in [7, 11) is -3.82. The Labute approximate surface area is 141 Å². The van der Waals surface area contributed by atoms with Gasteiger partial charge in [-0.05, 0) is 12.1 Å². The molecule has 25 heavy (non-hydrogen) atoms. The van der Waals surface area contributed by atoms with Gasteiger partial charge in [0.1, 0.15) is 36.2 Å². The molecule has 2 aromatic heterocycles. The molecule has 0 aromatic carbocycles. The van der Waals surface area contributed by atoms with E-state index >= 15 is 0 Å². The van der Waals surface area contributed by atoms with Crippen molar-refractivity contribution in [2.24, 2.45) is 0 Å². The van der Waals surface area contributed by atoms with Gasteiger partial charge in [0, 0.05) is 6.66 Å². The molecule has 134 valence electrons. The number of nitrogens with zero attached hydrogens (tertiary/aromatic N) is 4. The molecule has 0 aliphatic carbocycles.